The molecule has 0 spiro atoms. The lowest BCUT2D eigenvalue weighted by Crippen LogP contribution is -2.35. The molecule has 6 heteroatoms. The summed E-state index contributed by atoms with van der Waals surface area (Å²) in [6.45, 7) is 4.60. The molecule has 0 rings (SSSR count). The summed E-state index contributed by atoms with van der Waals surface area (Å²) in [6, 6.07) is 0. The number of unbranched alkanes of at least 4 members (excludes halogenated alkanes) is 6. The average molecular weight is 383 g/mol. The quantitative estimate of drug-likeness (QED) is 0.270. The van der Waals surface area contributed by atoms with Gasteiger partial charge in [-0.05, 0) is 12.8 Å². The Hall–Kier alpha value is -0.650. The second kappa shape index (κ2) is 14.0. The van der Waals surface area contributed by atoms with Crippen LogP contribution in [0.5, 0.6) is 0 Å². The highest BCUT2D eigenvalue weighted by Gasteiger charge is 2.34. The maximum Gasteiger partial charge on any atom is 0.342 e. The van der Waals surface area contributed by atoms with Gasteiger partial charge < -0.3 is 9.47 Å². The Labute approximate surface area is 141 Å². The Balaban J connectivity index is 3.88. The minimum Gasteiger partial charge on any atom is -0.465 e. The third kappa shape index (κ3) is 10.1. The zero-order chi connectivity index (χ0) is 16.8. The van der Waals surface area contributed by atoms with Crippen LogP contribution in [0.4, 0.5) is 4.39 Å². The van der Waals surface area contributed by atoms with Gasteiger partial charge in [-0.25, -0.2) is 9.18 Å². The highest BCUT2D eigenvalue weighted by atomic mass is 79.9. The third-order valence-corrected chi connectivity index (χ3v) is 4.03. The molecule has 0 aromatic heterocycles. The van der Waals surface area contributed by atoms with Crippen molar-refractivity contribution in [1.82, 2.24) is 0 Å². The minimum absolute atomic E-state index is 0.186. The van der Waals surface area contributed by atoms with E-state index in [1.165, 1.54) is 0 Å². The van der Waals surface area contributed by atoms with Crippen LogP contribution < -0.4 is 0 Å². The Bertz CT molecular complexity index is 283. The third-order valence-electron chi connectivity index (χ3n) is 3.19. The van der Waals surface area contributed by atoms with Gasteiger partial charge in [0.05, 0.1) is 13.2 Å². The van der Waals surface area contributed by atoms with Gasteiger partial charge in [-0.15, -0.1) is 0 Å². The summed E-state index contributed by atoms with van der Waals surface area (Å²) in [6.07, 6.45) is 5.63. The molecule has 0 unspecified atom stereocenters. The van der Waals surface area contributed by atoms with E-state index in [0.29, 0.717) is 6.42 Å². The molecule has 0 saturated heterocycles. The van der Waals surface area contributed by atoms with E-state index in [1.807, 2.05) is 0 Å². The van der Waals surface area contributed by atoms with Crippen molar-refractivity contribution in [3.8, 4) is 0 Å². The van der Waals surface area contributed by atoms with Crippen LogP contribution in [0.15, 0.2) is 0 Å². The lowest BCUT2D eigenvalue weighted by Gasteiger charge is -2.14. The number of esters is 2. The molecule has 2 atom stereocenters. The molecule has 0 aromatic rings. The lowest BCUT2D eigenvalue weighted by molar-refractivity contribution is -0.155. The number of hydrogen-bond donors (Lipinski definition) is 0. The SMILES string of the molecule is CCCCCCOC(=O)[C@@H](Br)[C@@H](F)C(=O)OCCCCCC. The summed E-state index contributed by atoms with van der Waals surface area (Å²) < 4.78 is 23.6. The van der Waals surface area contributed by atoms with Gasteiger partial charge in [0.1, 0.15) is 0 Å². The number of carbonyl (C=O) groups is 2. The molecule has 0 saturated carbocycles. The minimum atomic E-state index is -2.03. The van der Waals surface area contributed by atoms with E-state index >= 15 is 0 Å². The molecule has 0 heterocycles. The van der Waals surface area contributed by atoms with E-state index in [1.54, 1.807) is 0 Å². The van der Waals surface area contributed by atoms with Crippen LogP contribution in [0.2, 0.25) is 0 Å². The van der Waals surface area contributed by atoms with Gasteiger partial charge in [0.15, 0.2) is 4.83 Å². The molecule has 0 aliphatic carbocycles. The van der Waals surface area contributed by atoms with Gasteiger partial charge >= 0.3 is 11.9 Å². The molecule has 0 aromatic carbocycles. The van der Waals surface area contributed by atoms with E-state index in [2.05, 4.69) is 29.8 Å². The van der Waals surface area contributed by atoms with Crippen LogP contribution in [-0.2, 0) is 19.1 Å². The van der Waals surface area contributed by atoms with Crippen molar-refractivity contribution in [3.63, 3.8) is 0 Å². The fourth-order valence-corrected chi connectivity index (χ4v) is 2.15. The predicted octanol–water partition coefficient (Wildman–Crippen LogP) is 4.34. The summed E-state index contributed by atoms with van der Waals surface area (Å²) in [7, 11) is 0. The van der Waals surface area contributed by atoms with Crippen molar-refractivity contribution in [2.24, 2.45) is 0 Å². The molecule has 0 amide bonds. The van der Waals surface area contributed by atoms with E-state index in [0.717, 1.165) is 44.9 Å². The van der Waals surface area contributed by atoms with Crippen LogP contribution in [0, 0.1) is 0 Å². The Kier molecular flexibility index (Phi) is 13.6. The van der Waals surface area contributed by atoms with Crippen LogP contribution in [0.1, 0.15) is 65.2 Å². The standard InChI is InChI=1S/C16H28BrFO4/c1-3-5-7-9-11-21-15(19)13(17)14(18)16(20)22-12-10-8-6-4-2/h13-14H,3-12H2,1-2H3/t13-,14+/m0/s1. The number of ether oxygens (including phenoxy) is 2. The second-order valence-corrected chi connectivity index (χ2v) is 6.25. The fourth-order valence-electron chi connectivity index (χ4n) is 1.80. The Morgan fingerprint density at radius 3 is 1.77 bits per heavy atom. The van der Waals surface area contributed by atoms with Crippen LogP contribution in [0.25, 0.3) is 0 Å². The first-order valence-electron chi connectivity index (χ1n) is 8.16. The van der Waals surface area contributed by atoms with E-state index in [-0.39, 0.29) is 13.2 Å². The Morgan fingerprint density at radius 1 is 0.864 bits per heavy atom. The first-order chi connectivity index (χ1) is 10.5. The van der Waals surface area contributed by atoms with Crippen molar-refractivity contribution in [2.75, 3.05) is 13.2 Å². The zero-order valence-corrected chi connectivity index (χ0v) is 15.2. The van der Waals surface area contributed by atoms with Gasteiger partial charge in [0.2, 0.25) is 6.17 Å². The van der Waals surface area contributed by atoms with Crippen molar-refractivity contribution in [1.29, 1.82) is 0 Å². The van der Waals surface area contributed by atoms with Crippen molar-refractivity contribution in [2.45, 2.75) is 76.2 Å². The summed E-state index contributed by atoms with van der Waals surface area (Å²) in [5, 5.41) is 0. The second-order valence-electron chi connectivity index (χ2n) is 5.26. The van der Waals surface area contributed by atoms with Gasteiger partial charge in [-0.1, -0.05) is 68.3 Å². The van der Waals surface area contributed by atoms with Gasteiger partial charge in [0, 0.05) is 0 Å². The normalized spacial score (nSPS) is 13.5. The number of rotatable bonds is 13. The molecule has 22 heavy (non-hydrogen) atoms. The van der Waals surface area contributed by atoms with Crippen LogP contribution in [-0.4, -0.2) is 36.2 Å². The van der Waals surface area contributed by atoms with Crippen molar-refractivity contribution >= 4 is 27.9 Å². The smallest absolute Gasteiger partial charge is 0.342 e. The summed E-state index contributed by atoms with van der Waals surface area (Å²) in [4.78, 5) is 21.8. The van der Waals surface area contributed by atoms with Crippen LogP contribution >= 0.6 is 15.9 Å². The maximum absolute atomic E-state index is 13.8. The molecule has 0 N–H and O–H groups in total. The monoisotopic (exact) mass is 382 g/mol. The molecule has 130 valence electrons. The lowest BCUT2D eigenvalue weighted by atomic mass is 10.2. The molecular weight excluding hydrogens is 355 g/mol. The Morgan fingerprint density at radius 2 is 1.32 bits per heavy atom. The fraction of sp³-hybridized carbons (Fsp3) is 0.875. The van der Waals surface area contributed by atoms with E-state index in [4.69, 9.17) is 9.47 Å². The van der Waals surface area contributed by atoms with Gasteiger partial charge in [-0.3, -0.25) is 4.79 Å². The predicted molar refractivity (Wildman–Crippen MR) is 87.8 cm³/mol. The van der Waals surface area contributed by atoms with Crippen LogP contribution in [0.3, 0.4) is 0 Å². The largest absolute Gasteiger partial charge is 0.465 e. The van der Waals surface area contributed by atoms with E-state index in [9.17, 15) is 14.0 Å². The first-order valence-corrected chi connectivity index (χ1v) is 9.07. The number of hydrogen-bond acceptors (Lipinski definition) is 4. The molecule has 0 bridgehead atoms. The molecule has 0 fully saturated rings. The highest BCUT2D eigenvalue weighted by molar-refractivity contribution is 9.10. The van der Waals surface area contributed by atoms with E-state index < -0.39 is 22.9 Å². The van der Waals surface area contributed by atoms with Gasteiger partial charge in [-0.2, -0.15) is 0 Å². The molecule has 4 nitrogen and oxygen atoms in total. The highest BCUT2D eigenvalue weighted by Crippen LogP contribution is 2.14. The average Bonchev–Trinajstić information content (AvgIpc) is 2.52. The molecule has 0 aliphatic rings. The van der Waals surface area contributed by atoms with Gasteiger partial charge in [0.25, 0.3) is 0 Å². The maximum atomic E-state index is 13.8. The van der Waals surface area contributed by atoms with Crippen molar-refractivity contribution < 1.29 is 23.5 Å². The molecule has 0 aliphatic heterocycles. The molecule has 0 radical (unpaired) electrons. The molecular formula is C16H28BrFO4. The summed E-state index contributed by atoms with van der Waals surface area (Å²) in [5.74, 6) is -1.77. The van der Waals surface area contributed by atoms with Crippen molar-refractivity contribution in [3.05, 3.63) is 0 Å². The topological polar surface area (TPSA) is 52.6 Å². The summed E-state index contributed by atoms with van der Waals surface area (Å²) >= 11 is 2.88. The summed E-state index contributed by atoms with van der Waals surface area (Å²) in [5.41, 5.74) is 0. The first kappa shape index (κ1) is 21.4. The zero-order valence-electron chi connectivity index (χ0n) is 13.6. The number of halogens is 2. The number of alkyl halides is 2. The number of carbonyl (C=O) groups excluding carboxylic acids is 2.